The van der Waals surface area contributed by atoms with Gasteiger partial charge in [-0.15, -0.1) is 0 Å². The highest BCUT2D eigenvalue weighted by atomic mass is 16.5. The minimum Gasteiger partial charge on any atom is -0.467 e. The average molecular weight is 261 g/mol. The summed E-state index contributed by atoms with van der Waals surface area (Å²) in [6.45, 7) is 0. The van der Waals surface area contributed by atoms with Crippen molar-refractivity contribution >= 4 is 5.97 Å². The van der Waals surface area contributed by atoms with E-state index < -0.39 is 23.6 Å². The summed E-state index contributed by atoms with van der Waals surface area (Å²) >= 11 is 0. The van der Waals surface area contributed by atoms with Crippen molar-refractivity contribution in [1.29, 1.82) is 5.26 Å². The van der Waals surface area contributed by atoms with Gasteiger partial charge in [0.2, 0.25) is 0 Å². The Morgan fingerprint density at radius 3 is 2.68 bits per heavy atom. The molecule has 0 heterocycles. The van der Waals surface area contributed by atoms with Gasteiger partial charge in [-0.25, -0.2) is 4.79 Å². The second-order valence-corrected chi connectivity index (χ2v) is 4.73. The molecule has 1 aromatic carbocycles. The van der Waals surface area contributed by atoms with Gasteiger partial charge in [-0.2, -0.15) is 5.26 Å². The SMILES string of the molecule is COC(=O)C(O)C(O)c1cccc(C2(C#N)CC2)c1. The summed E-state index contributed by atoms with van der Waals surface area (Å²) in [7, 11) is 1.14. The van der Waals surface area contributed by atoms with E-state index >= 15 is 0 Å². The number of ether oxygens (including phenoxy) is 1. The summed E-state index contributed by atoms with van der Waals surface area (Å²) in [5.74, 6) is -0.890. The molecule has 5 nitrogen and oxygen atoms in total. The Labute approximate surface area is 111 Å². The van der Waals surface area contributed by atoms with Crippen molar-refractivity contribution in [3.8, 4) is 6.07 Å². The molecule has 0 bridgehead atoms. The van der Waals surface area contributed by atoms with Gasteiger partial charge >= 0.3 is 5.97 Å². The van der Waals surface area contributed by atoms with Crippen molar-refractivity contribution in [2.24, 2.45) is 0 Å². The lowest BCUT2D eigenvalue weighted by atomic mass is 9.93. The average Bonchev–Trinajstić information content (AvgIpc) is 3.26. The molecule has 1 aliphatic carbocycles. The highest BCUT2D eigenvalue weighted by Crippen LogP contribution is 2.47. The Bertz CT molecular complexity index is 530. The Morgan fingerprint density at radius 1 is 1.47 bits per heavy atom. The van der Waals surface area contributed by atoms with Crippen LogP contribution >= 0.6 is 0 Å². The van der Waals surface area contributed by atoms with E-state index in [0.29, 0.717) is 5.56 Å². The fourth-order valence-corrected chi connectivity index (χ4v) is 2.04. The number of carbonyl (C=O) groups is 1. The third-order valence-corrected chi connectivity index (χ3v) is 3.49. The third kappa shape index (κ3) is 2.46. The number of aliphatic hydroxyl groups excluding tert-OH is 2. The third-order valence-electron chi connectivity index (χ3n) is 3.49. The van der Waals surface area contributed by atoms with Crippen LogP contribution in [0.4, 0.5) is 0 Å². The Kier molecular flexibility index (Phi) is 3.56. The van der Waals surface area contributed by atoms with Gasteiger partial charge < -0.3 is 14.9 Å². The number of benzene rings is 1. The first kappa shape index (κ1) is 13.5. The van der Waals surface area contributed by atoms with Crippen LogP contribution in [0.1, 0.15) is 30.1 Å². The topological polar surface area (TPSA) is 90.6 Å². The van der Waals surface area contributed by atoms with Crippen LogP contribution in [-0.2, 0) is 14.9 Å². The summed E-state index contributed by atoms with van der Waals surface area (Å²) < 4.78 is 4.38. The van der Waals surface area contributed by atoms with Crippen molar-refractivity contribution in [3.05, 3.63) is 35.4 Å². The molecule has 2 unspecified atom stereocenters. The Hall–Kier alpha value is -1.90. The second-order valence-electron chi connectivity index (χ2n) is 4.73. The molecule has 0 aromatic heterocycles. The Morgan fingerprint density at radius 2 is 2.16 bits per heavy atom. The second kappa shape index (κ2) is 5.00. The maximum atomic E-state index is 11.2. The molecule has 19 heavy (non-hydrogen) atoms. The molecule has 0 amide bonds. The standard InChI is InChI=1S/C14H15NO4/c1-19-13(18)12(17)11(16)9-3-2-4-10(7-9)14(8-15)5-6-14/h2-4,7,11-12,16-17H,5-6H2,1H3. The van der Waals surface area contributed by atoms with E-state index in [1.54, 1.807) is 18.2 Å². The smallest absolute Gasteiger partial charge is 0.337 e. The number of esters is 1. The molecule has 1 saturated carbocycles. The summed E-state index contributed by atoms with van der Waals surface area (Å²) in [4.78, 5) is 11.2. The van der Waals surface area contributed by atoms with Crippen LogP contribution < -0.4 is 0 Å². The molecule has 0 saturated heterocycles. The van der Waals surface area contributed by atoms with Crippen LogP contribution in [-0.4, -0.2) is 29.4 Å². The van der Waals surface area contributed by atoms with Gasteiger partial charge in [-0.3, -0.25) is 0 Å². The maximum Gasteiger partial charge on any atom is 0.337 e. The van der Waals surface area contributed by atoms with Gasteiger partial charge in [0.15, 0.2) is 6.10 Å². The number of rotatable bonds is 4. The van der Waals surface area contributed by atoms with Gasteiger partial charge in [0.1, 0.15) is 6.10 Å². The molecule has 1 aromatic rings. The van der Waals surface area contributed by atoms with Crippen LogP contribution in [0.2, 0.25) is 0 Å². The molecule has 5 heteroatoms. The number of hydrogen-bond acceptors (Lipinski definition) is 5. The number of methoxy groups -OCH3 is 1. The number of carbonyl (C=O) groups excluding carboxylic acids is 1. The summed E-state index contributed by atoms with van der Waals surface area (Å²) in [5.41, 5.74) is 0.743. The lowest BCUT2D eigenvalue weighted by Crippen LogP contribution is -2.29. The summed E-state index contributed by atoms with van der Waals surface area (Å²) in [6.07, 6.45) is -1.40. The largest absolute Gasteiger partial charge is 0.467 e. The van der Waals surface area contributed by atoms with E-state index in [2.05, 4.69) is 10.8 Å². The number of aliphatic hydroxyl groups is 2. The molecule has 2 N–H and O–H groups in total. The maximum absolute atomic E-state index is 11.2. The van der Waals surface area contributed by atoms with E-state index in [0.717, 1.165) is 25.5 Å². The first-order valence-electron chi connectivity index (χ1n) is 6.00. The fraction of sp³-hybridized carbons (Fsp3) is 0.429. The molecule has 1 aliphatic rings. The number of hydrogen-bond donors (Lipinski definition) is 2. The van der Waals surface area contributed by atoms with Gasteiger partial charge in [0.05, 0.1) is 18.6 Å². The van der Waals surface area contributed by atoms with Crippen LogP contribution in [0.3, 0.4) is 0 Å². The molecular formula is C14H15NO4. The summed E-state index contributed by atoms with van der Waals surface area (Å²) in [5, 5.41) is 28.7. The molecule has 100 valence electrons. The van der Waals surface area contributed by atoms with Crippen LogP contribution in [0.15, 0.2) is 24.3 Å². The zero-order chi connectivity index (χ0) is 14.0. The highest BCUT2D eigenvalue weighted by molar-refractivity contribution is 5.75. The van der Waals surface area contributed by atoms with Gasteiger partial charge in [0.25, 0.3) is 0 Å². The lowest BCUT2D eigenvalue weighted by Gasteiger charge is -2.17. The van der Waals surface area contributed by atoms with E-state index in [1.165, 1.54) is 0 Å². The molecule has 0 radical (unpaired) electrons. The molecule has 1 fully saturated rings. The van der Waals surface area contributed by atoms with Crippen molar-refractivity contribution in [1.82, 2.24) is 0 Å². The monoisotopic (exact) mass is 261 g/mol. The lowest BCUT2D eigenvalue weighted by molar-refractivity contribution is -0.156. The highest BCUT2D eigenvalue weighted by Gasteiger charge is 2.45. The number of nitrogens with zero attached hydrogens (tertiary/aromatic N) is 1. The zero-order valence-corrected chi connectivity index (χ0v) is 10.5. The predicted molar refractivity (Wildman–Crippen MR) is 65.9 cm³/mol. The van der Waals surface area contributed by atoms with E-state index in [-0.39, 0.29) is 0 Å². The fourth-order valence-electron chi connectivity index (χ4n) is 2.04. The van der Waals surface area contributed by atoms with Crippen molar-refractivity contribution in [2.45, 2.75) is 30.5 Å². The normalized spacial score (nSPS) is 19.1. The van der Waals surface area contributed by atoms with Gasteiger partial charge in [0, 0.05) is 0 Å². The van der Waals surface area contributed by atoms with Crippen molar-refractivity contribution in [2.75, 3.05) is 7.11 Å². The molecule has 0 aliphatic heterocycles. The van der Waals surface area contributed by atoms with E-state index in [1.807, 2.05) is 6.07 Å². The molecule has 2 atom stereocenters. The minimum absolute atomic E-state index is 0.400. The Balaban J connectivity index is 2.24. The van der Waals surface area contributed by atoms with Crippen molar-refractivity contribution < 1.29 is 19.7 Å². The molecule has 2 rings (SSSR count). The first-order chi connectivity index (χ1) is 9.04. The zero-order valence-electron chi connectivity index (χ0n) is 10.5. The summed E-state index contributed by atoms with van der Waals surface area (Å²) in [6, 6.07) is 9.05. The van der Waals surface area contributed by atoms with Crippen LogP contribution in [0, 0.1) is 11.3 Å². The van der Waals surface area contributed by atoms with E-state index in [4.69, 9.17) is 5.26 Å². The minimum atomic E-state index is -1.63. The molecular weight excluding hydrogens is 246 g/mol. The predicted octanol–water partition coefficient (Wildman–Crippen LogP) is 0.809. The van der Waals surface area contributed by atoms with Crippen molar-refractivity contribution in [3.63, 3.8) is 0 Å². The number of nitriles is 1. The van der Waals surface area contributed by atoms with Gasteiger partial charge in [-0.1, -0.05) is 24.3 Å². The van der Waals surface area contributed by atoms with Gasteiger partial charge in [-0.05, 0) is 24.0 Å². The van der Waals surface area contributed by atoms with E-state index in [9.17, 15) is 15.0 Å². The first-order valence-corrected chi connectivity index (χ1v) is 6.00. The molecule has 0 spiro atoms. The quantitative estimate of drug-likeness (QED) is 0.783. The van der Waals surface area contributed by atoms with Crippen LogP contribution in [0.25, 0.3) is 0 Å². The van der Waals surface area contributed by atoms with Crippen LogP contribution in [0.5, 0.6) is 0 Å².